The Hall–Kier alpha value is -1.38. The Balaban J connectivity index is 2.86. The van der Waals surface area contributed by atoms with Gasteiger partial charge in [-0.3, -0.25) is 4.79 Å². The maximum atomic E-state index is 13.3. The third-order valence-electron chi connectivity index (χ3n) is 2.19. The van der Waals surface area contributed by atoms with Crippen LogP contribution in [0.3, 0.4) is 0 Å². The van der Waals surface area contributed by atoms with Crippen molar-refractivity contribution in [1.29, 1.82) is 0 Å². The molecule has 15 heavy (non-hydrogen) atoms. The predicted octanol–water partition coefficient (Wildman–Crippen LogP) is 2.96. The van der Waals surface area contributed by atoms with E-state index in [0.29, 0.717) is 6.42 Å². The second-order valence-corrected chi connectivity index (χ2v) is 3.82. The van der Waals surface area contributed by atoms with Gasteiger partial charge in [-0.15, -0.1) is 0 Å². The van der Waals surface area contributed by atoms with Crippen molar-refractivity contribution in [1.82, 2.24) is 0 Å². The fourth-order valence-electron chi connectivity index (χ4n) is 1.29. The molecule has 0 aliphatic heterocycles. The van der Waals surface area contributed by atoms with Gasteiger partial charge in [-0.05, 0) is 26.0 Å². The van der Waals surface area contributed by atoms with Crippen molar-refractivity contribution in [2.24, 2.45) is 0 Å². The van der Waals surface area contributed by atoms with Crippen molar-refractivity contribution in [2.45, 2.75) is 32.8 Å². The zero-order valence-corrected chi connectivity index (χ0v) is 9.21. The molecule has 0 saturated carbocycles. The Bertz CT molecular complexity index is 358. The molecule has 0 unspecified atom stereocenters. The van der Waals surface area contributed by atoms with Crippen molar-refractivity contribution in [3.63, 3.8) is 0 Å². The van der Waals surface area contributed by atoms with E-state index in [9.17, 15) is 9.18 Å². The lowest BCUT2D eigenvalue weighted by molar-refractivity contribution is -0.131. The summed E-state index contributed by atoms with van der Waals surface area (Å²) in [7, 11) is 0. The molecule has 1 aromatic carbocycles. The van der Waals surface area contributed by atoms with Gasteiger partial charge in [0, 0.05) is 6.42 Å². The van der Waals surface area contributed by atoms with E-state index >= 15 is 0 Å². The number of ether oxygens (including phenoxy) is 1. The number of carbonyl (C=O) groups is 1. The molecule has 0 fully saturated rings. The quantitative estimate of drug-likeness (QED) is 0.763. The Morgan fingerprint density at radius 3 is 2.53 bits per heavy atom. The largest absolute Gasteiger partial charge is 0.477 e. The Morgan fingerprint density at radius 2 is 2.00 bits per heavy atom. The van der Waals surface area contributed by atoms with Crippen LogP contribution in [0.1, 0.15) is 27.2 Å². The standard InChI is InChI=1S/C12H15FO2/c1-4-11(14)12(2,3)15-10-8-6-5-7-9(10)13/h5-8H,4H2,1-3H3. The molecule has 3 heteroatoms. The van der Waals surface area contributed by atoms with Crippen molar-refractivity contribution in [2.75, 3.05) is 0 Å². The molecule has 0 aliphatic carbocycles. The highest BCUT2D eigenvalue weighted by Gasteiger charge is 2.28. The van der Waals surface area contributed by atoms with Crippen molar-refractivity contribution in [3.8, 4) is 5.75 Å². The summed E-state index contributed by atoms with van der Waals surface area (Å²) < 4.78 is 18.6. The molecule has 0 heterocycles. The summed E-state index contributed by atoms with van der Waals surface area (Å²) in [5.41, 5.74) is -0.975. The van der Waals surface area contributed by atoms with Gasteiger partial charge in [0.25, 0.3) is 0 Å². The number of hydrogen-bond donors (Lipinski definition) is 0. The van der Waals surface area contributed by atoms with Gasteiger partial charge in [-0.2, -0.15) is 0 Å². The number of Topliss-reactive ketones (excluding diaryl/α,β-unsaturated/α-hetero) is 1. The maximum absolute atomic E-state index is 13.3. The van der Waals surface area contributed by atoms with Gasteiger partial charge in [-0.25, -0.2) is 4.39 Å². The summed E-state index contributed by atoms with van der Waals surface area (Å²) >= 11 is 0. The van der Waals surface area contributed by atoms with E-state index in [1.54, 1.807) is 32.9 Å². The second-order valence-electron chi connectivity index (χ2n) is 3.82. The third-order valence-corrected chi connectivity index (χ3v) is 2.19. The molecular weight excluding hydrogens is 195 g/mol. The van der Waals surface area contributed by atoms with Crippen LogP contribution in [0.25, 0.3) is 0 Å². The van der Waals surface area contributed by atoms with Gasteiger partial charge < -0.3 is 4.74 Å². The topological polar surface area (TPSA) is 26.3 Å². The van der Waals surface area contributed by atoms with Gasteiger partial charge in [0.05, 0.1) is 0 Å². The van der Waals surface area contributed by atoms with E-state index in [1.807, 2.05) is 0 Å². The van der Waals surface area contributed by atoms with Crippen LogP contribution in [-0.4, -0.2) is 11.4 Å². The summed E-state index contributed by atoms with van der Waals surface area (Å²) in [5.74, 6) is -0.385. The first-order chi connectivity index (χ1) is 6.97. The van der Waals surface area contributed by atoms with Crippen LogP contribution in [0, 0.1) is 5.82 Å². The highest BCUT2D eigenvalue weighted by atomic mass is 19.1. The number of ketones is 1. The van der Waals surface area contributed by atoms with E-state index in [1.165, 1.54) is 12.1 Å². The predicted molar refractivity (Wildman–Crippen MR) is 56.4 cm³/mol. The minimum absolute atomic E-state index is 0.0502. The fourth-order valence-corrected chi connectivity index (χ4v) is 1.29. The van der Waals surface area contributed by atoms with Crippen molar-refractivity contribution >= 4 is 5.78 Å². The summed E-state index contributed by atoms with van der Waals surface area (Å²) in [6, 6.07) is 6.07. The Labute approximate surface area is 89.1 Å². The van der Waals surface area contributed by atoms with E-state index in [0.717, 1.165) is 0 Å². The van der Waals surface area contributed by atoms with Crippen LogP contribution >= 0.6 is 0 Å². The normalized spacial score (nSPS) is 11.2. The molecule has 0 atom stereocenters. The van der Waals surface area contributed by atoms with E-state index < -0.39 is 11.4 Å². The van der Waals surface area contributed by atoms with Crippen LogP contribution in [0.15, 0.2) is 24.3 Å². The number of benzene rings is 1. The van der Waals surface area contributed by atoms with Crippen LogP contribution in [0.2, 0.25) is 0 Å². The lowest BCUT2D eigenvalue weighted by Crippen LogP contribution is -2.37. The summed E-state index contributed by atoms with van der Waals surface area (Å²) in [5, 5.41) is 0. The van der Waals surface area contributed by atoms with Gasteiger partial charge >= 0.3 is 0 Å². The molecule has 0 aliphatic rings. The maximum Gasteiger partial charge on any atom is 0.175 e. The number of rotatable bonds is 4. The molecule has 0 saturated heterocycles. The molecule has 0 radical (unpaired) electrons. The summed E-state index contributed by atoms with van der Waals surface area (Å²) in [6.45, 7) is 5.05. The molecule has 0 bridgehead atoms. The highest BCUT2D eigenvalue weighted by molar-refractivity contribution is 5.86. The SMILES string of the molecule is CCC(=O)C(C)(C)Oc1ccccc1F. The molecule has 2 nitrogen and oxygen atoms in total. The zero-order chi connectivity index (χ0) is 11.5. The van der Waals surface area contributed by atoms with Crippen LogP contribution in [-0.2, 0) is 4.79 Å². The smallest absolute Gasteiger partial charge is 0.175 e. The van der Waals surface area contributed by atoms with Gasteiger partial charge in [0.15, 0.2) is 23.0 Å². The zero-order valence-electron chi connectivity index (χ0n) is 9.21. The van der Waals surface area contributed by atoms with Crippen LogP contribution < -0.4 is 4.74 Å². The second kappa shape index (κ2) is 4.43. The molecule has 0 N–H and O–H groups in total. The highest BCUT2D eigenvalue weighted by Crippen LogP contribution is 2.22. The van der Waals surface area contributed by atoms with Crippen LogP contribution in [0.5, 0.6) is 5.75 Å². The Morgan fingerprint density at radius 1 is 1.40 bits per heavy atom. The van der Waals surface area contributed by atoms with E-state index in [-0.39, 0.29) is 11.5 Å². The monoisotopic (exact) mass is 210 g/mol. The third kappa shape index (κ3) is 2.78. The number of carbonyl (C=O) groups excluding carboxylic acids is 1. The molecule has 1 aromatic rings. The van der Waals surface area contributed by atoms with Gasteiger partial charge in [-0.1, -0.05) is 19.1 Å². The van der Waals surface area contributed by atoms with E-state index in [2.05, 4.69) is 0 Å². The average Bonchev–Trinajstić information content (AvgIpc) is 2.20. The fraction of sp³-hybridized carbons (Fsp3) is 0.417. The molecule has 0 amide bonds. The molecule has 82 valence electrons. The minimum atomic E-state index is -0.975. The molecule has 1 rings (SSSR count). The van der Waals surface area contributed by atoms with Gasteiger partial charge in [0.2, 0.25) is 0 Å². The lowest BCUT2D eigenvalue weighted by atomic mass is 10.0. The number of hydrogen-bond acceptors (Lipinski definition) is 2. The first-order valence-electron chi connectivity index (χ1n) is 4.94. The average molecular weight is 210 g/mol. The molecule has 0 aromatic heterocycles. The van der Waals surface area contributed by atoms with Gasteiger partial charge in [0.1, 0.15) is 0 Å². The van der Waals surface area contributed by atoms with Crippen LogP contribution in [0.4, 0.5) is 4.39 Å². The number of para-hydroxylation sites is 1. The van der Waals surface area contributed by atoms with E-state index in [4.69, 9.17) is 4.74 Å². The molecule has 0 spiro atoms. The Kier molecular flexibility index (Phi) is 3.45. The van der Waals surface area contributed by atoms with Crippen molar-refractivity contribution in [3.05, 3.63) is 30.1 Å². The molecular formula is C12H15FO2. The minimum Gasteiger partial charge on any atom is -0.477 e. The van der Waals surface area contributed by atoms with Crippen molar-refractivity contribution < 1.29 is 13.9 Å². The number of halogens is 1. The first-order valence-corrected chi connectivity index (χ1v) is 4.94. The summed E-state index contributed by atoms with van der Waals surface area (Å²) in [6.07, 6.45) is 0.376. The first kappa shape index (κ1) is 11.7. The summed E-state index contributed by atoms with van der Waals surface area (Å²) in [4.78, 5) is 11.5. The lowest BCUT2D eigenvalue weighted by Gasteiger charge is -2.24.